The first-order valence-electron chi connectivity index (χ1n) is 9.32. The van der Waals surface area contributed by atoms with Crippen molar-refractivity contribution in [1.82, 2.24) is 14.1 Å². The van der Waals surface area contributed by atoms with Crippen LogP contribution in [0.15, 0.2) is 71.9 Å². The number of nitrogens with zero attached hydrogens (tertiary/aromatic N) is 3. The topological polar surface area (TPSA) is 81.5 Å². The highest BCUT2D eigenvalue weighted by Crippen LogP contribution is 2.17. The van der Waals surface area contributed by atoms with E-state index < -0.39 is 16.0 Å². The highest BCUT2D eigenvalue weighted by Gasteiger charge is 2.21. The molecule has 0 atom stereocenters. The Morgan fingerprint density at radius 3 is 2.24 bits per heavy atom. The Labute approximate surface area is 170 Å². The van der Waals surface area contributed by atoms with E-state index in [-0.39, 0.29) is 11.5 Å². The summed E-state index contributed by atoms with van der Waals surface area (Å²) in [4.78, 5) is 12.4. The van der Waals surface area contributed by atoms with E-state index in [0.29, 0.717) is 18.7 Å². The van der Waals surface area contributed by atoms with Crippen molar-refractivity contribution in [3.63, 3.8) is 0 Å². The van der Waals surface area contributed by atoms with Gasteiger partial charge in [0.1, 0.15) is 6.61 Å². The maximum Gasteiger partial charge on any atom is 0.338 e. The zero-order valence-corrected chi connectivity index (χ0v) is 17.2. The minimum Gasteiger partial charge on any atom is -0.457 e. The van der Waals surface area contributed by atoms with Gasteiger partial charge in [0.05, 0.1) is 16.1 Å². The van der Waals surface area contributed by atoms with Gasteiger partial charge in [-0.15, -0.1) is 0 Å². The molecule has 0 fully saturated rings. The zero-order chi connectivity index (χ0) is 20.9. The molecule has 0 spiro atoms. The molecule has 1 aromatic heterocycles. The van der Waals surface area contributed by atoms with Gasteiger partial charge in [-0.3, -0.25) is 0 Å². The SMILES string of the molecule is CCN(CC)S(=O)(=O)c1ccc(C(=O)OCc2ccc(-n3cccn3)cc2)cc1. The third-order valence-electron chi connectivity index (χ3n) is 4.51. The average molecular weight is 413 g/mol. The van der Waals surface area contributed by atoms with Gasteiger partial charge < -0.3 is 4.74 Å². The standard InChI is InChI=1S/C21H23N3O4S/c1-3-23(4-2)29(26,27)20-12-8-18(9-13-20)21(25)28-16-17-6-10-19(11-7-17)24-15-5-14-22-24/h5-15H,3-4,16H2,1-2H3. The number of hydrogen-bond donors (Lipinski definition) is 0. The Kier molecular flexibility index (Phi) is 6.46. The van der Waals surface area contributed by atoms with Crippen molar-refractivity contribution in [2.24, 2.45) is 0 Å². The van der Waals surface area contributed by atoms with Crippen LogP contribution >= 0.6 is 0 Å². The number of ether oxygens (including phenoxy) is 1. The third-order valence-corrected chi connectivity index (χ3v) is 6.57. The number of hydrogen-bond acceptors (Lipinski definition) is 5. The van der Waals surface area contributed by atoms with E-state index in [1.54, 1.807) is 24.7 Å². The third kappa shape index (κ3) is 4.72. The second-order valence-electron chi connectivity index (χ2n) is 6.31. The average Bonchev–Trinajstić information content (AvgIpc) is 3.28. The van der Waals surface area contributed by atoms with Crippen LogP contribution in [0.2, 0.25) is 0 Å². The van der Waals surface area contributed by atoms with Crippen molar-refractivity contribution in [1.29, 1.82) is 0 Å². The maximum absolute atomic E-state index is 12.5. The minimum absolute atomic E-state index is 0.123. The quantitative estimate of drug-likeness (QED) is 0.530. The van der Waals surface area contributed by atoms with Crippen LogP contribution in [0.1, 0.15) is 29.8 Å². The summed E-state index contributed by atoms with van der Waals surface area (Å²) in [6.45, 7) is 4.48. The second kappa shape index (κ2) is 9.02. The number of carbonyl (C=O) groups is 1. The minimum atomic E-state index is -3.55. The maximum atomic E-state index is 12.5. The molecule has 3 rings (SSSR count). The molecular weight excluding hydrogens is 390 g/mol. The molecule has 0 amide bonds. The van der Waals surface area contributed by atoms with Gasteiger partial charge in [-0.05, 0) is 48.0 Å². The smallest absolute Gasteiger partial charge is 0.338 e. The van der Waals surface area contributed by atoms with Gasteiger partial charge in [0.25, 0.3) is 0 Å². The van der Waals surface area contributed by atoms with Crippen LogP contribution in [0, 0.1) is 0 Å². The Bertz CT molecular complexity index is 1040. The van der Waals surface area contributed by atoms with Gasteiger partial charge in [0, 0.05) is 25.5 Å². The molecule has 0 aliphatic heterocycles. The van der Waals surface area contributed by atoms with Crippen molar-refractivity contribution in [3.8, 4) is 5.69 Å². The van der Waals surface area contributed by atoms with Crippen molar-refractivity contribution < 1.29 is 17.9 Å². The molecule has 0 aliphatic carbocycles. The Hall–Kier alpha value is -2.97. The number of esters is 1. The lowest BCUT2D eigenvalue weighted by Crippen LogP contribution is -2.30. The highest BCUT2D eigenvalue weighted by atomic mass is 32.2. The van der Waals surface area contributed by atoms with Gasteiger partial charge in [0.2, 0.25) is 10.0 Å². The van der Waals surface area contributed by atoms with Gasteiger partial charge in [-0.25, -0.2) is 17.9 Å². The number of carbonyl (C=O) groups excluding carboxylic acids is 1. The van der Waals surface area contributed by atoms with E-state index in [4.69, 9.17) is 4.74 Å². The zero-order valence-electron chi connectivity index (χ0n) is 16.4. The molecule has 0 radical (unpaired) electrons. The molecule has 0 N–H and O–H groups in total. The number of rotatable bonds is 8. The number of benzene rings is 2. The van der Waals surface area contributed by atoms with E-state index in [1.165, 1.54) is 28.6 Å². The van der Waals surface area contributed by atoms with Crippen LogP contribution in [-0.2, 0) is 21.4 Å². The van der Waals surface area contributed by atoms with Crippen LogP contribution in [0.3, 0.4) is 0 Å². The van der Waals surface area contributed by atoms with Crippen molar-refractivity contribution in [2.75, 3.05) is 13.1 Å². The molecule has 152 valence electrons. The summed E-state index contributed by atoms with van der Waals surface area (Å²) in [5, 5.41) is 4.16. The number of aromatic nitrogens is 2. The highest BCUT2D eigenvalue weighted by molar-refractivity contribution is 7.89. The first-order valence-corrected chi connectivity index (χ1v) is 10.8. The molecule has 2 aromatic carbocycles. The van der Waals surface area contributed by atoms with Crippen LogP contribution in [0.4, 0.5) is 0 Å². The summed E-state index contributed by atoms with van der Waals surface area (Å²) in [5.41, 5.74) is 2.06. The molecule has 0 aliphatic rings. The first kappa shape index (κ1) is 20.8. The summed E-state index contributed by atoms with van der Waals surface area (Å²) in [6.07, 6.45) is 3.55. The molecule has 7 nitrogen and oxygen atoms in total. The van der Waals surface area contributed by atoms with Crippen LogP contribution in [-0.4, -0.2) is 41.6 Å². The van der Waals surface area contributed by atoms with Crippen molar-refractivity contribution in [2.45, 2.75) is 25.3 Å². The van der Waals surface area contributed by atoms with Gasteiger partial charge in [-0.1, -0.05) is 26.0 Å². The molecular formula is C21H23N3O4S. The fourth-order valence-corrected chi connectivity index (χ4v) is 4.33. The molecule has 3 aromatic rings. The van der Waals surface area contributed by atoms with E-state index in [9.17, 15) is 13.2 Å². The molecule has 0 saturated heterocycles. The predicted octanol–water partition coefficient (Wildman–Crippen LogP) is 3.26. The summed E-state index contributed by atoms with van der Waals surface area (Å²) >= 11 is 0. The van der Waals surface area contributed by atoms with Gasteiger partial charge in [0.15, 0.2) is 0 Å². The van der Waals surface area contributed by atoms with Crippen LogP contribution in [0.25, 0.3) is 5.69 Å². The van der Waals surface area contributed by atoms with Crippen molar-refractivity contribution in [3.05, 3.63) is 78.1 Å². The van der Waals surface area contributed by atoms with Crippen LogP contribution in [0.5, 0.6) is 0 Å². The molecule has 1 heterocycles. The predicted molar refractivity (Wildman–Crippen MR) is 109 cm³/mol. The molecule has 8 heteroatoms. The van der Waals surface area contributed by atoms with E-state index in [1.807, 2.05) is 36.5 Å². The Balaban J connectivity index is 1.62. The first-order chi connectivity index (χ1) is 14.0. The lowest BCUT2D eigenvalue weighted by molar-refractivity contribution is 0.0472. The summed E-state index contributed by atoms with van der Waals surface area (Å²) < 4.78 is 33.5. The molecule has 29 heavy (non-hydrogen) atoms. The largest absolute Gasteiger partial charge is 0.457 e. The van der Waals surface area contributed by atoms with Crippen LogP contribution < -0.4 is 0 Å². The summed E-state index contributed by atoms with van der Waals surface area (Å²) in [5.74, 6) is -0.507. The van der Waals surface area contributed by atoms with Crippen molar-refractivity contribution >= 4 is 16.0 Å². The van der Waals surface area contributed by atoms with E-state index in [2.05, 4.69) is 5.10 Å². The molecule has 0 bridgehead atoms. The fraction of sp³-hybridized carbons (Fsp3) is 0.238. The Morgan fingerprint density at radius 1 is 1.03 bits per heavy atom. The molecule has 0 unspecified atom stereocenters. The fourth-order valence-electron chi connectivity index (χ4n) is 2.87. The summed E-state index contributed by atoms with van der Waals surface area (Å²) in [7, 11) is -3.55. The normalized spacial score (nSPS) is 11.6. The van der Waals surface area contributed by atoms with E-state index >= 15 is 0 Å². The monoisotopic (exact) mass is 413 g/mol. The van der Waals surface area contributed by atoms with E-state index in [0.717, 1.165) is 11.3 Å². The molecule has 0 saturated carbocycles. The lowest BCUT2D eigenvalue weighted by Gasteiger charge is -2.18. The number of sulfonamides is 1. The van der Waals surface area contributed by atoms with Gasteiger partial charge >= 0.3 is 5.97 Å². The summed E-state index contributed by atoms with van der Waals surface area (Å²) in [6, 6.07) is 15.2. The van der Waals surface area contributed by atoms with Gasteiger partial charge in [-0.2, -0.15) is 9.40 Å². The second-order valence-corrected chi connectivity index (χ2v) is 8.24. The lowest BCUT2D eigenvalue weighted by atomic mass is 10.2. The Morgan fingerprint density at radius 2 is 1.69 bits per heavy atom.